The lowest BCUT2D eigenvalue weighted by Gasteiger charge is -2.35. The van der Waals surface area contributed by atoms with Crippen LogP contribution in [0, 0.1) is 12.8 Å². The van der Waals surface area contributed by atoms with Gasteiger partial charge in [-0.3, -0.25) is 4.79 Å². The summed E-state index contributed by atoms with van der Waals surface area (Å²) in [6.45, 7) is 9.34. The van der Waals surface area contributed by atoms with Crippen LogP contribution >= 0.6 is 0 Å². The minimum Gasteiger partial charge on any atom is -0.444 e. The van der Waals surface area contributed by atoms with Gasteiger partial charge in [-0.25, -0.2) is 4.79 Å². The molecule has 0 aromatic carbocycles. The predicted molar refractivity (Wildman–Crippen MR) is 95.5 cm³/mol. The maximum absolute atomic E-state index is 13.0. The number of nitrogens with zero attached hydrogens (tertiary/aromatic N) is 3. The fourth-order valence-corrected chi connectivity index (χ4v) is 3.75. The van der Waals surface area contributed by atoms with Gasteiger partial charge in [-0.05, 0) is 53.4 Å². The van der Waals surface area contributed by atoms with Crippen molar-refractivity contribution in [3.8, 4) is 0 Å². The third-order valence-electron chi connectivity index (χ3n) is 5.02. The number of aromatic nitrogens is 1. The van der Waals surface area contributed by atoms with E-state index in [0.717, 1.165) is 30.8 Å². The highest BCUT2D eigenvalue weighted by molar-refractivity contribution is 5.80. The second-order valence-electron chi connectivity index (χ2n) is 8.29. The molecule has 0 bridgehead atoms. The third kappa shape index (κ3) is 4.19. The van der Waals surface area contributed by atoms with Gasteiger partial charge in [0, 0.05) is 31.6 Å². The van der Waals surface area contributed by atoms with Crippen molar-refractivity contribution in [1.29, 1.82) is 0 Å². The van der Waals surface area contributed by atoms with Crippen LogP contribution < -0.4 is 0 Å². The molecule has 0 N–H and O–H groups in total. The molecule has 2 amide bonds. The summed E-state index contributed by atoms with van der Waals surface area (Å²) in [5.41, 5.74) is 0.349. The topological polar surface area (TPSA) is 75.9 Å². The molecule has 2 saturated heterocycles. The van der Waals surface area contributed by atoms with Crippen molar-refractivity contribution < 1.29 is 18.8 Å². The van der Waals surface area contributed by atoms with E-state index in [1.54, 1.807) is 4.90 Å². The van der Waals surface area contributed by atoms with E-state index in [2.05, 4.69) is 5.16 Å². The Bertz CT molecular complexity index is 656. The molecule has 7 heteroatoms. The molecule has 1 unspecified atom stereocenters. The highest BCUT2D eigenvalue weighted by Gasteiger charge is 2.37. The van der Waals surface area contributed by atoms with E-state index in [0.29, 0.717) is 25.9 Å². The number of ether oxygens (including phenoxy) is 1. The molecule has 0 saturated carbocycles. The number of rotatable bonds is 2. The first kappa shape index (κ1) is 18.7. The number of aryl methyl sites for hydroxylation is 1. The van der Waals surface area contributed by atoms with E-state index < -0.39 is 5.60 Å². The van der Waals surface area contributed by atoms with Gasteiger partial charge in [-0.1, -0.05) is 5.16 Å². The molecule has 144 valence electrons. The minimum absolute atomic E-state index is 0.0174. The SMILES string of the molecule is Cc1cc(C2CCCN2C(=O)C2CCN(C(=O)OC(C)(C)C)CC2)no1. The number of hydrogen-bond donors (Lipinski definition) is 0. The molecular weight excluding hydrogens is 334 g/mol. The quantitative estimate of drug-likeness (QED) is 0.806. The van der Waals surface area contributed by atoms with Crippen LogP contribution in [-0.2, 0) is 9.53 Å². The molecule has 2 fully saturated rings. The molecule has 0 radical (unpaired) electrons. The van der Waals surface area contributed by atoms with E-state index in [4.69, 9.17) is 9.26 Å². The Kier molecular flexibility index (Phi) is 5.25. The van der Waals surface area contributed by atoms with Crippen LogP contribution in [0.3, 0.4) is 0 Å². The highest BCUT2D eigenvalue weighted by Crippen LogP contribution is 2.34. The van der Waals surface area contributed by atoms with Crippen molar-refractivity contribution in [2.75, 3.05) is 19.6 Å². The Labute approximate surface area is 154 Å². The van der Waals surface area contributed by atoms with Crippen LogP contribution in [0.4, 0.5) is 4.79 Å². The predicted octanol–water partition coefficient (Wildman–Crippen LogP) is 3.29. The van der Waals surface area contributed by atoms with Gasteiger partial charge in [0.25, 0.3) is 0 Å². The summed E-state index contributed by atoms with van der Waals surface area (Å²) in [6.07, 6.45) is 2.98. The van der Waals surface area contributed by atoms with E-state index in [-0.39, 0.29) is 24.0 Å². The maximum atomic E-state index is 13.0. The Morgan fingerprint density at radius 1 is 1.19 bits per heavy atom. The Hall–Kier alpha value is -2.05. The number of carbonyl (C=O) groups is 2. The second kappa shape index (κ2) is 7.29. The van der Waals surface area contributed by atoms with Crippen LogP contribution in [0.2, 0.25) is 0 Å². The summed E-state index contributed by atoms with van der Waals surface area (Å²) in [6, 6.07) is 1.94. The zero-order valence-electron chi connectivity index (χ0n) is 16.2. The fraction of sp³-hybridized carbons (Fsp3) is 0.737. The summed E-state index contributed by atoms with van der Waals surface area (Å²) < 4.78 is 10.6. The third-order valence-corrected chi connectivity index (χ3v) is 5.02. The summed E-state index contributed by atoms with van der Waals surface area (Å²) in [5.74, 6) is 0.907. The fourth-order valence-electron chi connectivity index (χ4n) is 3.75. The van der Waals surface area contributed by atoms with Gasteiger partial charge in [0.1, 0.15) is 17.1 Å². The van der Waals surface area contributed by atoms with Crippen molar-refractivity contribution in [2.45, 2.75) is 65.0 Å². The normalized spacial score (nSPS) is 21.9. The van der Waals surface area contributed by atoms with Crippen molar-refractivity contribution in [2.24, 2.45) is 5.92 Å². The number of likely N-dealkylation sites (tertiary alicyclic amines) is 2. The lowest BCUT2D eigenvalue weighted by atomic mass is 9.95. The van der Waals surface area contributed by atoms with Gasteiger partial charge < -0.3 is 19.1 Å². The van der Waals surface area contributed by atoms with Gasteiger partial charge in [-0.15, -0.1) is 0 Å². The van der Waals surface area contributed by atoms with Crippen molar-refractivity contribution in [3.63, 3.8) is 0 Å². The number of amides is 2. The number of piperidine rings is 1. The molecule has 1 atom stereocenters. The summed E-state index contributed by atoms with van der Waals surface area (Å²) in [4.78, 5) is 28.9. The average Bonchev–Trinajstić information content (AvgIpc) is 3.21. The monoisotopic (exact) mass is 363 g/mol. The summed E-state index contributed by atoms with van der Waals surface area (Å²) in [5, 5.41) is 4.11. The summed E-state index contributed by atoms with van der Waals surface area (Å²) >= 11 is 0. The van der Waals surface area contributed by atoms with E-state index in [9.17, 15) is 9.59 Å². The molecule has 7 nitrogen and oxygen atoms in total. The van der Waals surface area contributed by atoms with Gasteiger partial charge in [0.05, 0.1) is 6.04 Å². The van der Waals surface area contributed by atoms with Gasteiger partial charge in [0.15, 0.2) is 0 Å². The largest absolute Gasteiger partial charge is 0.444 e. The average molecular weight is 363 g/mol. The molecule has 0 spiro atoms. The Morgan fingerprint density at radius 3 is 2.46 bits per heavy atom. The zero-order chi connectivity index (χ0) is 18.9. The van der Waals surface area contributed by atoms with Crippen LogP contribution in [-0.4, -0.2) is 52.2 Å². The van der Waals surface area contributed by atoms with E-state index in [1.807, 2.05) is 38.7 Å². The van der Waals surface area contributed by atoms with E-state index in [1.165, 1.54) is 0 Å². The van der Waals surface area contributed by atoms with Gasteiger partial charge in [0.2, 0.25) is 5.91 Å². The highest BCUT2D eigenvalue weighted by atomic mass is 16.6. The van der Waals surface area contributed by atoms with E-state index >= 15 is 0 Å². The van der Waals surface area contributed by atoms with Gasteiger partial charge >= 0.3 is 6.09 Å². The second-order valence-corrected chi connectivity index (χ2v) is 8.29. The van der Waals surface area contributed by atoms with Gasteiger partial charge in [-0.2, -0.15) is 0 Å². The Morgan fingerprint density at radius 2 is 1.88 bits per heavy atom. The molecule has 2 aliphatic heterocycles. The van der Waals surface area contributed by atoms with Crippen LogP contribution in [0.25, 0.3) is 0 Å². The number of hydrogen-bond acceptors (Lipinski definition) is 5. The van der Waals surface area contributed by atoms with Crippen LogP contribution in [0.1, 0.15) is 64.0 Å². The zero-order valence-corrected chi connectivity index (χ0v) is 16.2. The first-order valence-corrected chi connectivity index (χ1v) is 9.46. The molecule has 1 aromatic rings. The summed E-state index contributed by atoms with van der Waals surface area (Å²) in [7, 11) is 0. The first-order chi connectivity index (χ1) is 12.2. The molecule has 1 aromatic heterocycles. The van der Waals surface area contributed by atoms with Crippen LogP contribution in [0.15, 0.2) is 10.6 Å². The smallest absolute Gasteiger partial charge is 0.410 e. The molecule has 2 aliphatic rings. The van der Waals surface area contributed by atoms with Crippen molar-refractivity contribution in [1.82, 2.24) is 15.0 Å². The Balaban J connectivity index is 1.57. The maximum Gasteiger partial charge on any atom is 0.410 e. The van der Waals surface area contributed by atoms with Crippen molar-refractivity contribution >= 4 is 12.0 Å². The molecule has 0 aliphatic carbocycles. The first-order valence-electron chi connectivity index (χ1n) is 9.46. The number of carbonyl (C=O) groups excluding carboxylic acids is 2. The molecule has 3 heterocycles. The lowest BCUT2D eigenvalue weighted by Crippen LogP contribution is -2.45. The molecular formula is C19H29N3O4. The molecule has 3 rings (SSSR count). The standard InChI is InChI=1S/C19H29N3O4/c1-13-12-15(20-26-13)16-6-5-9-22(16)17(23)14-7-10-21(11-8-14)18(24)25-19(2,3)4/h12,14,16H,5-11H2,1-4H3. The lowest BCUT2D eigenvalue weighted by molar-refractivity contribution is -0.138. The van der Waals surface area contributed by atoms with Crippen molar-refractivity contribution in [3.05, 3.63) is 17.5 Å². The molecule has 26 heavy (non-hydrogen) atoms. The minimum atomic E-state index is -0.498. The van der Waals surface area contributed by atoms with Crippen LogP contribution in [0.5, 0.6) is 0 Å².